The predicted molar refractivity (Wildman–Crippen MR) is 44.7 cm³/mol. The van der Waals surface area contributed by atoms with Crippen LogP contribution in [-0.2, 0) is 9.47 Å². The van der Waals surface area contributed by atoms with Gasteiger partial charge in [0.2, 0.25) is 0 Å². The molecule has 0 atom stereocenters. The zero-order valence-electron chi connectivity index (χ0n) is 7.51. The molecule has 0 aromatic heterocycles. The number of hydrogen-bond donors (Lipinski definition) is 0. The van der Waals surface area contributed by atoms with Gasteiger partial charge >= 0.3 is 0 Å². The molecule has 0 amide bonds. The zero-order valence-corrected chi connectivity index (χ0v) is 7.51. The molecule has 1 aliphatic carbocycles. The van der Waals surface area contributed by atoms with Gasteiger partial charge in [-0.3, -0.25) is 0 Å². The van der Waals surface area contributed by atoms with Gasteiger partial charge in [0.15, 0.2) is 0 Å². The van der Waals surface area contributed by atoms with Crippen molar-refractivity contribution in [3.05, 3.63) is 0 Å². The van der Waals surface area contributed by atoms with E-state index in [1.165, 1.54) is 25.7 Å². The van der Waals surface area contributed by atoms with Crippen molar-refractivity contribution < 1.29 is 9.47 Å². The summed E-state index contributed by atoms with van der Waals surface area (Å²) in [6, 6.07) is 0. The van der Waals surface area contributed by atoms with Gasteiger partial charge in [-0.2, -0.15) is 0 Å². The molecule has 2 nitrogen and oxygen atoms in total. The van der Waals surface area contributed by atoms with Crippen molar-refractivity contribution in [1.29, 1.82) is 0 Å². The van der Waals surface area contributed by atoms with Crippen molar-refractivity contribution in [3.63, 3.8) is 0 Å². The summed E-state index contributed by atoms with van der Waals surface area (Å²) in [6.45, 7) is 2.91. The van der Waals surface area contributed by atoms with Crippen LogP contribution in [0.1, 0.15) is 32.6 Å². The molecule has 1 fully saturated rings. The molecule has 1 rings (SSSR count). The second-order valence-electron chi connectivity index (χ2n) is 3.09. The summed E-state index contributed by atoms with van der Waals surface area (Å²) in [5, 5.41) is 0. The maximum Gasteiger partial charge on any atom is 0.0576 e. The summed E-state index contributed by atoms with van der Waals surface area (Å²) in [4.78, 5) is 0. The molecule has 0 N–H and O–H groups in total. The summed E-state index contributed by atoms with van der Waals surface area (Å²) < 4.78 is 10.8. The molecule has 2 heteroatoms. The molecular weight excluding hydrogens is 140 g/mol. The van der Waals surface area contributed by atoms with Crippen molar-refractivity contribution in [3.8, 4) is 0 Å². The number of hydrogen-bond acceptors (Lipinski definition) is 2. The van der Waals surface area contributed by atoms with E-state index in [-0.39, 0.29) is 0 Å². The maximum absolute atomic E-state index is 5.52. The molecule has 0 saturated heterocycles. The number of rotatable bonds is 3. The van der Waals surface area contributed by atoms with Gasteiger partial charge in [0, 0.05) is 13.7 Å². The van der Waals surface area contributed by atoms with E-state index in [1.807, 2.05) is 0 Å². The fourth-order valence-corrected chi connectivity index (χ4v) is 1.67. The summed E-state index contributed by atoms with van der Waals surface area (Å²) >= 11 is 0. The van der Waals surface area contributed by atoms with Crippen molar-refractivity contribution in [2.75, 3.05) is 13.7 Å². The van der Waals surface area contributed by atoms with Crippen LogP contribution in [-0.4, -0.2) is 25.9 Å². The Morgan fingerprint density at radius 3 is 2.09 bits per heavy atom. The lowest BCUT2D eigenvalue weighted by Crippen LogP contribution is -2.25. The van der Waals surface area contributed by atoms with Crippen molar-refractivity contribution in [2.45, 2.75) is 44.8 Å². The van der Waals surface area contributed by atoms with Gasteiger partial charge in [-0.25, -0.2) is 0 Å². The Morgan fingerprint density at radius 1 is 1.09 bits per heavy atom. The van der Waals surface area contributed by atoms with Crippen LogP contribution in [0.4, 0.5) is 0 Å². The minimum atomic E-state index is 0.492. The van der Waals surface area contributed by atoms with Crippen molar-refractivity contribution in [2.24, 2.45) is 0 Å². The highest BCUT2D eigenvalue weighted by Gasteiger charge is 2.20. The normalized spacial score (nSPS) is 32.2. The highest BCUT2D eigenvalue weighted by atomic mass is 16.5. The van der Waals surface area contributed by atoms with Gasteiger partial charge in [0.1, 0.15) is 0 Å². The third-order valence-corrected chi connectivity index (χ3v) is 2.36. The molecule has 0 aliphatic heterocycles. The molecule has 0 spiro atoms. The lowest BCUT2D eigenvalue weighted by molar-refractivity contribution is -0.0118. The second kappa shape index (κ2) is 4.73. The smallest absolute Gasteiger partial charge is 0.0576 e. The Balaban J connectivity index is 2.14. The second-order valence-corrected chi connectivity index (χ2v) is 3.09. The molecule has 1 saturated carbocycles. The van der Waals surface area contributed by atoms with Crippen LogP contribution in [0.5, 0.6) is 0 Å². The Morgan fingerprint density at radius 2 is 1.64 bits per heavy atom. The first-order chi connectivity index (χ1) is 5.36. The van der Waals surface area contributed by atoms with Crippen molar-refractivity contribution >= 4 is 0 Å². The molecule has 0 heterocycles. The van der Waals surface area contributed by atoms with Gasteiger partial charge in [0.05, 0.1) is 12.2 Å². The largest absolute Gasteiger partial charge is 0.381 e. The first-order valence-electron chi connectivity index (χ1n) is 4.51. The predicted octanol–water partition coefficient (Wildman–Crippen LogP) is 1.98. The fourth-order valence-electron chi connectivity index (χ4n) is 1.67. The highest BCUT2D eigenvalue weighted by molar-refractivity contribution is 4.72. The summed E-state index contributed by atoms with van der Waals surface area (Å²) in [6.07, 6.45) is 5.68. The first-order valence-corrected chi connectivity index (χ1v) is 4.51. The third kappa shape index (κ3) is 2.80. The highest BCUT2D eigenvalue weighted by Crippen LogP contribution is 2.22. The van der Waals surface area contributed by atoms with E-state index in [1.54, 1.807) is 7.11 Å². The Labute approximate surface area is 68.9 Å². The van der Waals surface area contributed by atoms with Gasteiger partial charge in [-0.05, 0) is 32.6 Å². The quantitative estimate of drug-likeness (QED) is 0.625. The van der Waals surface area contributed by atoms with E-state index < -0.39 is 0 Å². The van der Waals surface area contributed by atoms with Crippen LogP contribution in [0.15, 0.2) is 0 Å². The minimum absolute atomic E-state index is 0.492. The Hall–Kier alpha value is -0.0800. The Kier molecular flexibility index (Phi) is 3.87. The first kappa shape index (κ1) is 9.01. The average Bonchev–Trinajstić information content (AvgIpc) is 2.07. The molecule has 1 aliphatic rings. The van der Waals surface area contributed by atoms with Crippen LogP contribution in [0.25, 0.3) is 0 Å². The molecule has 0 aromatic rings. The molecule has 0 radical (unpaired) electrons. The van der Waals surface area contributed by atoms with Crippen LogP contribution >= 0.6 is 0 Å². The standard InChI is InChI=1S/C9H18O2/c1-3-11-9-6-4-8(10-2)5-7-9/h8-9H,3-7H2,1-2H3. The van der Waals surface area contributed by atoms with E-state index in [0.717, 1.165) is 6.61 Å². The topological polar surface area (TPSA) is 18.5 Å². The van der Waals surface area contributed by atoms with E-state index in [4.69, 9.17) is 9.47 Å². The summed E-state index contributed by atoms with van der Waals surface area (Å²) in [5.41, 5.74) is 0. The van der Waals surface area contributed by atoms with Gasteiger partial charge in [0.25, 0.3) is 0 Å². The molecular formula is C9H18O2. The van der Waals surface area contributed by atoms with Gasteiger partial charge in [-0.1, -0.05) is 0 Å². The molecule has 0 unspecified atom stereocenters. The fraction of sp³-hybridized carbons (Fsp3) is 1.00. The van der Waals surface area contributed by atoms with Crippen molar-refractivity contribution in [1.82, 2.24) is 0 Å². The zero-order chi connectivity index (χ0) is 8.10. The molecule has 66 valence electrons. The molecule has 0 bridgehead atoms. The van der Waals surface area contributed by atoms with Crippen LogP contribution in [0.2, 0.25) is 0 Å². The third-order valence-electron chi connectivity index (χ3n) is 2.36. The van der Waals surface area contributed by atoms with Crippen LogP contribution < -0.4 is 0 Å². The van der Waals surface area contributed by atoms with Gasteiger partial charge < -0.3 is 9.47 Å². The van der Waals surface area contributed by atoms with E-state index in [0.29, 0.717) is 12.2 Å². The SMILES string of the molecule is CCOC1CCC(OC)CC1. The van der Waals surface area contributed by atoms with Crippen LogP contribution in [0.3, 0.4) is 0 Å². The summed E-state index contributed by atoms with van der Waals surface area (Å²) in [5.74, 6) is 0. The monoisotopic (exact) mass is 158 g/mol. The van der Waals surface area contributed by atoms with E-state index >= 15 is 0 Å². The lowest BCUT2D eigenvalue weighted by atomic mass is 9.95. The maximum atomic E-state index is 5.52. The molecule has 0 aromatic carbocycles. The van der Waals surface area contributed by atoms with Crippen LogP contribution in [0, 0.1) is 0 Å². The minimum Gasteiger partial charge on any atom is -0.381 e. The van der Waals surface area contributed by atoms with E-state index in [9.17, 15) is 0 Å². The number of methoxy groups -OCH3 is 1. The summed E-state index contributed by atoms with van der Waals surface area (Å²) in [7, 11) is 1.80. The van der Waals surface area contributed by atoms with Gasteiger partial charge in [-0.15, -0.1) is 0 Å². The Bertz CT molecular complexity index is 95.7. The molecule has 11 heavy (non-hydrogen) atoms. The average molecular weight is 158 g/mol. The van der Waals surface area contributed by atoms with E-state index in [2.05, 4.69) is 6.92 Å². The lowest BCUT2D eigenvalue weighted by Gasteiger charge is -2.27. The number of ether oxygens (including phenoxy) is 2.